The van der Waals surface area contributed by atoms with E-state index >= 15 is 0 Å². The van der Waals surface area contributed by atoms with Gasteiger partial charge in [-0.25, -0.2) is 4.98 Å². The van der Waals surface area contributed by atoms with Crippen molar-refractivity contribution in [2.24, 2.45) is 0 Å². The van der Waals surface area contributed by atoms with Crippen molar-refractivity contribution < 1.29 is 9.53 Å². The molecule has 0 spiro atoms. The number of fused-ring (bicyclic) bond motifs is 1. The molecule has 1 amide bonds. The van der Waals surface area contributed by atoms with Crippen LogP contribution < -0.4 is 5.32 Å². The maximum absolute atomic E-state index is 12.5. The number of morpholine rings is 1. The maximum atomic E-state index is 12.5. The van der Waals surface area contributed by atoms with Crippen LogP contribution in [0.25, 0.3) is 5.65 Å². The smallest absolute Gasteiger partial charge is 0.271 e. The fourth-order valence-electron chi connectivity index (χ4n) is 3.44. The first-order valence-electron chi connectivity index (χ1n) is 9.30. The summed E-state index contributed by atoms with van der Waals surface area (Å²) in [6.07, 6.45) is 1.77. The summed E-state index contributed by atoms with van der Waals surface area (Å²) < 4.78 is 7.75. The van der Waals surface area contributed by atoms with E-state index in [4.69, 9.17) is 4.74 Å². The molecule has 140 valence electrons. The van der Waals surface area contributed by atoms with E-state index in [-0.39, 0.29) is 12.0 Å². The molecule has 6 heteroatoms. The Kier molecular flexibility index (Phi) is 5.18. The zero-order valence-electron chi connectivity index (χ0n) is 15.5. The van der Waals surface area contributed by atoms with Gasteiger partial charge in [0.05, 0.1) is 12.7 Å². The Labute approximate surface area is 158 Å². The van der Waals surface area contributed by atoms with Gasteiger partial charge in [0.25, 0.3) is 5.91 Å². The molecule has 1 aromatic carbocycles. The summed E-state index contributed by atoms with van der Waals surface area (Å²) in [5.74, 6) is -0.165. The number of hydrogen-bond acceptors (Lipinski definition) is 4. The SMILES string of the molecule is Cc1cccc2nc(C(=O)NC[C@@H]3CN(Cc4ccccc4)CCO3)cn12. The number of pyridine rings is 1. The minimum absolute atomic E-state index is 0.00909. The molecule has 0 bridgehead atoms. The van der Waals surface area contributed by atoms with Gasteiger partial charge >= 0.3 is 0 Å². The summed E-state index contributed by atoms with van der Waals surface area (Å²) in [5, 5.41) is 2.97. The van der Waals surface area contributed by atoms with E-state index in [0.29, 0.717) is 18.8 Å². The summed E-state index contributed by atoms with van der Waals surface area (Å²) >= 11 is 0. The van der Waals surface area contributed by atoms with Gasteiger partial charge in [0.2, 0.25) is 0 Å². The van der Waals surface area contributed by atoms with Gasteiger partial charge in [0, 0.05) is 38.1 Å². The van der Waals surface area contributed by atoms with Gasteiger partial charge in [-0.3, -0.25) is 9.69 Å². The van der Waals surface area contributed by atoms with Crippen LogP contribution in [0.4, 0.5) is 0 Å². The fourth-order valence-corrected chi connectivity index (χ4v) is 3.44. The van der Waals surface area contributed by atoms with E-state index in [2.05, 4.69) is 39.5 Å². The highest BCUT2D eigenvalue weighted by molar-refractivity contribution is 5.92. The van der Waals surface area contributed by atoms with E-state index in [1.807, 2.05) is 35.6 Å². The molecular weight excluding hydrogens is 340 g/mol. The van der Waals surface area contributed by atoms with Crippen molar-refractivity contribution in [3.05, 3.63) is 71.7 Å². The summed E-state index contributed by atoms with van der Waals surface area (Å²) in [7, 11) is 0. The Morgan fingerprint density at radius 1 is 1.22 bits per heavy atom. The van der Waals surface area contributed by atoms with E-state index in [9.17, 15) is 4.79 Å². The molecule has 27 heavy (non-hydrogen) atoms. The van der Waals surface area contributed by atoms with E-state index in [1.54, 1.807) is 6.20 Å². The zero-order valence-corrected chi connectivity index (χ0v) is 15.5. The number of amides is 1. The summed E-state index contributed by atoms with van der Waals surface area (Å²) in [6.45, 7) is 5.77. The molecule has 1 atom stereocenters. The monoisotopic (exact) mass is 364 g/mol. The highest BCUT2D eigenvalue weighted by Crippen LogP contribution is 2.11. The summed E-state index contributed by atoms with van der Waals surface area (Å²) in [6, 6.07) is 16.3. The van der Waals surface area contributed by atoms with E-state index in [1.165, 1.54) is 5.56 Å². The Bertz CT molecular complexity index is 922. The van der Waals surface area contributed by atoms with Gasteiger partial charge in [-0.1, -0.05) is 36.4 Å². The highest BCUT2D eigenvalue weighted by atomic mass is 16.5. The largest absolute Gasteiger partial charge is 0.374 e. The van der Waals surface area contributed by atoms with Gasteiger partial charge < -0.3 is 14.5 Å². The molecule has 2 aromatic heterocycles. The summed E-state index contributed by atoms with van der Waals surface area (Å²) in [4.78, 5) is 19.3. The van der Waals surface area contributed by atoms with Gasteiger partial charge in [0.15, 0.2) is 0 Å². The van der Waals surface area contributed by atoms with Crippen molar-refractivity contribution >= 4 is 11.6 Å². The van der Waals surface area contributed by atoms with Crippen molar-refractivity contribution in [3.63, 3.8) is 0 Å². The number of hydrogen-bond donors (Lipinski definition) is 1. The minimum Gasteiger partial charge on any atom is -0.374 e. The maximum Gasteiger partial charge on any atom is 0.271 e. The summed E-state index contributed by atoms with van der Waals surface area (Å²) in [5.41, 5.74) is 3.55. The third-order valence-electron chi connectivity index (χ3n) is 4.89. The number of imidazole rings is 1. The lowest BCUT2D eigenvalue weighted by atomic mass is 10.2. The average Bonchev–Trinajstić information content (AvgIpc) is 3.13. The van der Waals surface area contributed by atoms with Crippen molar-refractivity contribution in [2.45, 2.75) is 19.6 Å². The lowest BCUT2D eigenvalue weighted by Crippen LogP contribution is -2.47. The van der Waals surface area contributed by atoms with Crippen LogP contribution in [0.1, 0.15) is 21.7 Å². The normalized spacial score (nSPS) is 17.9. The Morgan fingerprint density at radius 2 is 2.07 bits per heavy atom. The number of rotatable bonds is 5. The van der Waals surface area contributed by atoms with Gasteiger partial charge in [-0.2, -0.15) is 0 Å². The first-order valence-corrected chi connectivity index (χ1v) is 9.30. The Hall–Kier alpha value is -2.70. The molecule has 0 aliphatic carbocycles. The average molecular weight is 364 g/mol. The predicted molar refractivity (Wildman–Crippen MR) is 104 cm³/mol. The van der Waals surface area contributed by atoms with Crippen LogP contribution in [0.3, 0.4) is 0 Å². The number of carbonyl (C=O) groups is 1. The molecule has 1 N–H and O–H groups in total. The quantitative estimate of drug-likeness (QED) is 0.755. The molecule has 3 aromatic rings. The number of aromatic nitrogens is 2. The molecular formula is C21H24N4O2. The van der Waals surface area contributed by atoms with Crippen molar-refractivity contribution in [1.82, 2.24) is 19.6 Å². The first-order chi connectivity index (χ1) is 13.2. The first kappa shape index (κ1) is 17.7. The second kappa shape index (κ2) is 7.90. The van der Waals surface area contributed by atoms with Crippen LogP contribution in [-0.2, 0) is 11.3 Å². The number of ether oxygens (including phenoxy) is 1. The zero-order chi connectivity index (χ0) is 18.6. The third kappa shape index (κ3) is 4.18. The lowest BCUT2D eigenvalue weighted by molar-refractivity contribution is -0.0292. The van der Waals surface area contributed by atoms with E-state index < -0.39 is 0 Å². The molecule has 1 aliphatic rings. The minimum atomic E-state index is -0.165. The number of carbonyl (C=O) groups excluding carboxylic acids is 1. The second-order valence-electron chi connectivity index (χ2n) is 6.95. The molecule has 4 rings (SSSR count). The molecule has 0 unspecified atom stereocenters. The van der Waals surface area contributed by atoms with Crippen LogP contribution in [0.5, 0.6) is 0 Å². The number of nitrogens with zero attached hydrogens (tertiary/aromatic N) is 3. The van der Waals surface area contributed by atoms with Gasteiger partial charge in [0.1, 0.15) is 11.3 Å². The predicted octanol–water partition coefficient (Wildman–Crippen LogP) is 2.27. The molecule has 0 radical (unpaired) electrons. The van der Waals surface area contributed by atoms with E-state index in [0.717, 1.165) is 31.0 Å². The molecule has 3 heterocycles. The molecule has 1 saturated heterocycles. The fraction of sp³-hybridized carbons (Fsp3) is 0.333. The number of aryl methyl sites for hydroxylation is 1. The van der Waals surface area contributed by atoms with Crippen LogP contribution in [0.15, 0.2) is 54.7 Å². The van der Waals surface area contributed by atoms with Crippen molar-refractivity contribution in [3.8, 4) is 0 Å². The Morgan fingerprint density at radius 3 is 2.89 bits per heavy atom. The van der Waals surface area contributed by atoms with Crippen molar-refractivity contribution in [2.75, 3.05) is 26.2 Å². The van der Waals surface area contributed by atoms with Gasteiger partial charge in [-0.05, 0) is 24.6 Å². The number of benzene rings is 1. The molecule has 1 aliphatic heterocycles. The second-order valence-corrected chi connectivity index (χ2v) is 6.95. The highest BCUT2D eigenvalue weighted by Gasteiger charge is 2.22. The number of nitrogens with one attached hydrogen (secondary N) is 1. The van der Waals surface area contributed by atoms with Gasteiger partial charge in [-0.15, -0.1) is 0 Å². The molecule has 0 saturated carbocycles. The molecule has 1 fully saturated rings. The standard InChI is InChI=1S/C21H24N4O2/c1-16-6-5-9-20-23-19(15-25(16)20)21(26)22-12-18-14-24(10-11-27-18)13-17-7-3-2-4-8-17/h2-9,15,18H,10-14H2,1H3,(H,22,26)/t18-/m1/s1. The van der Waals surface area contributed by atoms with Crippen LogP contribution in [0.2, 0.25) is 0 Å². The lowest BCUT2D eigenvalue weighted by Gasteiger charge is -2.33. The van der Waals surface area contributed by atoms with Crippen LogP contribution >= 0.6 is 0 Å². The van der Waals surface area contributed by atoms with Crippen LogP contribution in [-0.4, -0.2) is 52.5 Å². The van der Waals surface area contributed by atoms with Crippen molar-refractivity contribution in [1.29, 1.82) is 0 Å². The Balaban J connectivity index is 1.33. The molecule has 6 nitrogen and oxygen atoms in total. The topological polar surface area (TPSA) is 58.9 Å². The third-order valence-corrected chi connectivity index (χ3v) is 4.89. The van der Waals surface area contributed by atoms with Crippen LogP contribution in [0, 0.1) is 6.92 Å².